The number of nitrogens with zero attached hydrogens (tertiary/aromatic N) is 1. The Hall–Kier alpha value is -0.260. The van der Waals surface area contributed by atoms with Crippen molar-refractivity contribution < 1.29 is 9.90 Å². The van der Waals surface area contributed by atoms with Crippen LogP contribution in [0.3, 0.4) is 0 Å². The molecule has 1 heterocycles. The second kappa shape index (κ2) is 5.89. The third kappa shape index (κ3) is 3.64. The van der Waals surface area contributed by atoms with Crippen LogP contribution in [-0.4, -0.2) is 59.7 Å². The van der Waals surface area contributed by atoms with Gasteiger partial charge in [0.05, 0.1) is 0 Å². The van der Waals surface area contributed by atoms with Crippen LogP contribution in [0.15, 0.2) is 0 Å². The first-order valence-electron chi connectivity index (χ1n) is 5.70. The second-order valence-electron chi connectivity index (χ2n) is 4.83. The lowest BCUT2D eigenvalue weighted by Crippen LogP contribution is -2.55. The Morgan fingerprint density at radius 3 is 2.75 bits per heavy atom. The fourth-order valence-corrected chi connectivity index (χ4v) is 3.24. The molecule has 0 aromatic heterocycles. The summed E-state index contributed by atoms with van der Waals surface area (Å²) in [7, 11) is 4.07. The van der Waals surface area contributed by atoms with E-state index in [9.17, 15) is 9.90 Å². The Balaban J connectivity index is 2.46. The number of aliphatic carboxylic acids is 1. The summed E-state index contributed by atoms with van der Waals surface area (Å²) >= 11 is 1.72. The lowest BCUT2D eigenvalue weighted by atomic mass is 9.97. The summed E-state index contributed by atoms with van der Waals surface area (Å²) in [5.74, 6) is 0.933. The average molecular weight is 246 g/mol. The van der Waals surface area contributed by atoms with Gasteiger partial charge in [-0.1, -0.05) is 0 Å². The number of nitrogens with one attached hydrogen (secondary N) is 1. The van der Waals surface area contributed by atoms with Crippen LogP contribution in [0.1, 0.15) is 19.8 Å². The average Bonchev–Trinajstić information content (AvgIpc) is 2.64. The maximum atomic E-state index is 11.3. The second-order valence-corrected chi connectivity index (χ2v) is 5.93. The molecule has 2 atom stereocenters. The van der Waals surface area contributed by atoms with E-state index in [1.807, 2.05) is 14.1 Å². The summed E-state index contributed by atoms with van der Waals surface area (Å²) in [6.45, 7) is 3.05. The first-order chi connectivity index (χ1) is 7.46. The third-order valence-electron chi connectivity index (χ3n) is 2.96. The molecule has 5 heteroatoms. The normalized spacial score (nSPS) is 27.2. The maximum absolute atomic E-state index is 11.3. The summed E-state index contributed by atoms with van der Waals surface area (Å²) in [5, 5.41) is 12.6. The summed E-state index contributed by atoms with van der Waals surface area (Å²) in [4.78, 5) is 13.4. The molecular weight excluding hydrogens is 224 g/mol. The van der Waals surface area contributed by atoms with Crippen LogP contribution in [-0.2, 0) is 4.79 Å². The van der Waals surface area contributed by atoms with E-state index in [4.69, 9.17) is 0 Å². The first-order valence-corrected chi connectivity index (χ1v) is 6.85. The van der Waals surface area contributed by atoms with Gasteiger partial charge in [0.15, 0.2) is 0 Å². The molecule has 0 aromatic carbocycles. The van der Waals surface area contributed by atoms with Crippen molar-refractivity contribution in [1.82, 2.24) is 10.2 Å². The monoisotopic (exact) mass is 246 g/mol. The van der Waals surface area contributed by atoms with Gasteiger partial charge < -0.3 is 10.0 Å². The van der Waals surface area contributed by atoms with Gasteiger partial charge in [0.25, 0.3) is 0 Å². The molecule has 1 fully saturated rings. The van der Waals surface area contributed by atoms with E-state index in [1.54, 1.807) is 11.8 Å². The quantitative estimate of drug-likeness (QED) is 0.728. The third-order valence-corrected chi connectivity index (χ3v) is 4.15. The number of carbonyl (C=O) groups is 1. The Labute approximate surface area is 102 Å². The Kier molecular flexibility index (Phi) is 5.08. The molecule has 1 aliphatic rings. The van der Waals surface area contributed by atoms with E-state index in [-0.39, 0.29) is 6.04 Å². The SMILES string of the molecule is CC(CCN(C)C)NC1(C(=O)O)CCSC1. The minimum Gasteiger partial charge on any atom is -0.480 e. The number of carboxylic acids is 1. The summed E-state index contributed by atoms with van der Waals surface area (Å²) in [6, 6.07) is 0.247. The van der Waals surface area contributed by atoms with Gasteiger partial charge in [0.2, 0.25) is 0 Å². The molecule has 0 spiro atoms. The molecular formula is C11H22N2O2S. The zero-order valence-electron chi connectivity index (χ0n) is 10.3. The number of thioether (sulfide) groups is 1. The molecule has 1 rings (SSSR count). The van der Waals surface area contributed by atoms with E-state index in [0.29, 0.717) is 5.75 Å². The highest BCUT2D eigenvalue weighted by Crippen LogP contribution is 2.28. The highest BCUT2D eigenvalue weighted by molar-refractivity contribution is 7.99. The molecule has 4 nitrogen and oxygen atoms in total. The largest absolute Gasteiger partial charge is 0.480 e. The Morgan fingerprint density at radius 1 is 1.62 bits per heavy atom. The van der Waals surface area contributed by atoms with E-state index >= 15 is 0 Å². The van der Waals surface area contributed by atoms with E-state index in [0.717, 1.165) is 25.1 Å². The van der Waals surface area contributed by atoms with E-state index < -0.39 is 11.5 Å². The zero-order chi connectivity index (χ0) is 12.2. The minimum absolute atomic E-state index is 0.247. The molecule has 94 valence electrons. The molecule has 0 amide bonds. The molecule has 0 radical (unpaired) electrons. The lowest BCUT2D eigenvalue weighted by Gasteiger charge is -2.29. The predicted molar refractivity (Wildman–Crippen MR) is 68.1 cm³/mol. The number of carboxylic acid groups (broad SMARTS) is 1. The molecule has 0 aliphatic carbocycles. The molecule has 1 saturated heterocycles. The number of hydrogen-bond donors (Lipinski definition) is 2. The van der Waals surface area contributed by atoms with Crippen molar-refractivity contribution in [2.75, 3.05) is 32.1 Å². The van der Waals surface area contributed by atoms with Crippen LogP contribution in [0.5, 0.6) is 0 Å². The summed E-state index contributed by atoms with van der Waals surface area (Å²) in [5.41, 5.74) is -0.684. The molecule has 16 heavy (non-hydrogen) atoms. The van der Waals surface area contributed by atoms with Gasteiger partial charge in [-0.05, 0) is 46.2 Å². The number of rotatable bonds is 6. The van der Waals surface area contributed by atoms with Gasteiger partial charge in [0, 0.05) is 11.8 Å². The zero-order valence-corrected chi connectivity index (χ0v) is 11.1. The van der Waals surface area contributed by atoms with Crippen LogP contribution in [0.2, 0.25) is 0 Å². The fraction of sp³-hybridized carbons (Fsp3) is 0.909. The van der Waals surface area contributed by atoms with Crippen molar-refractivity contribution in [2.24, 2.45) is 0 Å². The molecule has 0 saturated carbocycles. The van der Waals surface area contributed by atoms with Crippen LogP contribution < -0.4 is 5.32 Å². The van der Waals surface area contributed by atoms with Crippen molar-refractivity contribution in [3.63, 3.8) is 0 Å². The van der Waals surface area contributed by atoms with Crippen molar-refractivity contribution in [3.05, 3.63) is 0 Å². The van der Waals surface area contributed by atoms with Gasteiger partial charge in [-0.2, -0.15) is 11.8 Å². The standard InChI is InChI=1S/C11H22N2O2S/c1-9(4-6-13(2)3)12-11(10(14)15)5-7-16-8-11/h9,12H,4-8H2,1-3H3,(H,14,15). The van der Waals surface area contributed by atoms with E-state index in [1.165, 1.54) is 0 Å². The summed E-state index contributed by atoms with van der Waals surface area (Å²) in [6.07, 6.45) is 1.71. The lowest BCUT2D eigenvalue weighted by molar-refractivity contribution is -0.144. The highest BCUT2D eigenvalue weighted by atomic mass is 32.2. The van der Waals surface area contributed by atoms with Gasteiger partial charge in [-0.25, -0.2) is 0 Å². The fourth-order valence-electron chi connectivity index (χ4n) is 1.90. The molecule has 2 unspecified atom stereocenters. The van der Waals surface area contributed by atoms with Gasteiger partial charge in [-0.3, -0.25) is 10.1 Å². The molecule has 1 aliphatic heterocycles. The van der Waals surface area contributed by atoms with Crippen molar-refractivity contribution in [1.29, 1.82) is 0 Å². The van der Waals surface area contributed by atoms with E-state index in [2.05, 4.69) is 17.1 Å². The van der Waals surface area contributed by atoms with Gasteiger partial charge in [0.1, 0.15) is 5.54 Å². The predicted octanol–water partition coefficient (Wildman–Crippen LogP) is 0.877. The summed E-state index contributed by atoms with van der Waals surface area (Å²) < 4.78 is 0. The topological polar surface area (TPSA) is 52.6 Å². The van der Waals surface area contributed by atoms with Crippen molar-refractivity contribution in [2.45, 2.75) is 31.3 Å². The molecule has 0 aromatic rings. The number of hydrogen-bond acceptors (Lipinski definition) is 4. The van der Waals surface area contributed by atoms with Crippen LogP contribution >= 0.6 is 11.8 Å². The molecule has 0 bridgehead atoms. The highest BCUT2D eigenvalue weighted by Gasteiger charge is 2.42. The van der Waals surface area contributed by atoms with Crippen LogP contribution in [0, 0.1) is 0 Å². The van der Waals surface area contributed by atoms with Crippen molar-refractivity contribution >= 4 is 17.7 Å². The van der Waals surface area contributed by atoms with Crippen LogP contribution in [0.4, 0.5) is 0 Å². The van der Waals surface area contributed by atoms with Gasteiger partial charge >= 0.3 is 5.97 Å². The van der Waals surface area contributed by atoms with Gasteiger partial charge in [-0.15, -0.1) is 0 Å². The Morgan fingerprint density at radius 2 is 2.31 bits per heavy atom. The van der Waals surface area contributed by atoms with Crippen LogP contribution in [0.25, 0.3) is 0 Å². The maximum Gasteiger partial charge on any atom is 0.324 e. The Bertz CT molecular complexity index is 240. The smallest absolute Gasteiger partial charge is 0.324 e. The minimum atomic E-state index is -0.700. The molecule has 2 N–H and O–H groups in total. The first kappa shape index (κ1) is 13.8. The van der Waals surface area contributed by atoms with Crippen molar-refractivity contribution in [3.8, 4) is 0 Å².